The van der Waals surface area contributed by atoms with Gasteiger partial charge in [-0.25, -0.2) is 0 Å². The zero-order valence-corrected chi connectivity index (χ0v) is 31.5. The summed E-state index contributed by atoms with van der Waals surface area (Å²) in [6.07, 6.45) is 0. The minimum absolute atomic E-state index is 0. The third-order valence-electron chi connectivity index (χ3n) is 6.37. The molecule has 0 fully saturated rings. The van der Waals surface area contributed by atoms with Gasteiger partial charge in [0.15, 0.2) is 0 Å². The fourth-order valence-corrected chi connectivity index (χ4v) is 9.78. The zero-order valence-electron chi connectivity index (χ0n) is 27.4. The Kier molecular flexibility index (Phi) is 41.2. The SMILES string of the molecule is [C-]#[O+].[C-]#[O+].[C-]#[O+].[C-]#[O+].[C-]#[O+].[C-]#[O+].[Co].[Co].c1ccc([PH+](c2ccccc2)c2ccccc2)cc1.c1ccc([PH+](c2ccccc2)c2ccccc2)cc1. The molecule has 6 nitrogen and oxygen atoms in total. The number of hydrogen-bond donors (Lipinski definition) is 0. The molecule has 2 radical (unpaired) electrons. The van der Waals surface area contributed by atoms with Crippen LogP contribution in [0.5, 0.6) is 0 Å². The Hall–Kier alpha value is -4.37. The summed E-state index contributed by atoms with van der Waals surface area (Å²) in [4.78, 5) is 0. The minimum Gasteiger partial charge on any atom is -0.0620 e. The van der Waals surface area contributed by atoms with Crippen LogP contribution < -0.4 is 31.8 Å². The smallest absolute Gasteiger partial charge is 0.0620 e. The third kappa shape index (κ3) is 19.9. The van der Waals surface area contributed by atoms with Crippen molar-refractivity contribution in [2.45, 2.75) is 0 Å². The van der Waals surface area contributed by atoms with Crippen LogP contribution in [0.1, 0.15) is 0 Å². The van der Waals surface area contributed by atoms with E-state index in [1.54, 1.807) is 0 Å². The minimum atomic E-state index is -0.877. The molecule has 10 heteroatoms. The van der Waals surface area contributed by atoms with Crippen LogP contribution in [0.3, 0.4) is 0 Å². The van der Waals surface area contributed by atoms with Crippen LogP contribution in [0.25, 0.3) is 0 Å². The molecule has 6 aromatic rings. The molecule has 0 bridgehead atoms. The van der Waals surface area contributed by atoms with E-state index in [0.717, 1.165) is 0 Å². The molecular formula is C42H32Co2O6P2+2. The second-order valence-corrected chi connectivity index (χ2v) is 13.9. The normalized spacial score (nSPS) is 7.96. The predicted octanol–water partition coefficient (Wildman–Crippen LogP) is 6.12. The molecule has 0 N–H and O–H groups in total. The van der Waals surface area contributed by atoms with Crippen molar-refractivity contribution in [3.8, 4) is 0 Å². The molecule has 0 heterocycles. The summed E-state index contributed by atoms with van der Waals surface area (Å²) in [6, 6.07) is 65.0. The van der Waals surface area contributed by atoms with Gasteiger partial charge in [-0.15, -0.1) is 0 Å². The van der Waals surface area contributed by atoms with Gasteiger partial charge in [-0.3, -0.25) is 0 Å². The topological polar surface area (TPSA) is 119 Å². The van der Waals surface area contributed by atoms with Gasteiger partial charge in [0.25, 0.3) is 0 Å². The second kappa shape index (κ2) is 39.4. The molecule has 0 unspecified atom stereocenters. The first-order valence-corrected chi connectivity index (χ1v) is 17.2. The van der Waals surface area contributed by atoms with Crippen molar-refractivity contribution < 1.29 is 61.5 Å². The van der Waals surface area contributed by atoms with Crippen molar-refractivity contribution in [2.75, 3.05) is 0 Å². The molecule has 6 aromatic carbocycles. The molecule has 0 spiro atoms. The summed E-state index contributed by atoms with van der Waals surface area (Å²) >= 11 is 0. The van der Waals surface area contributed by atoms with Crippen LogP contribution in [0.4, 0.5) is 0 Å². The van der Waals surface area contributed by atoms with Crippen LogP contribution in [0.2, 0.25) is 0 Å². The number of benzene rings is 6. The van der Waals surface area contributed by atoms with Gasteiger partial charge in [0, 0.05) is 33.6 Å². The Bertz CT molecular complexity index is 1430. The van der Waals surface area contributed by atoms with E-state index in [9.17, 15) is 0 Å². The van der Waals surface area contributed by atoms with E-state index < -0.39 is 15.8 Å². The van der Waals surface area contributed by atoms with Crippen molar-refractivity contribution in [3.05, 3.63) is 222 Å². The van der Waals surface area contributed by atoms with Gasteiger partial charge in [-0.05, 0) is 72.8 Å². The van der Waals surface area contributed by atoms with E-state index in [0.29, 0.717) is 0 Å². The fraction of sp³-hybridized carbons (Fsp3) is 0. The maximum atomic E-state index is 7.50. The van der Waals surface area contributed by atoms with Crippen LogP contribution in [-0.4, -0.2) is 0 Å². The Balaban J connectivity index is -0.000000334. The maximum Gasteiger partial charge on any atom is 0.102 e. The van der Waals surface area contributed by atoms with Gasteiger partial charge >= 0.3 is 67.8 Å². The molecule has 262 valence electrons. The summed E-state index contributed by atoms with van der Waals surface area (Å²) in [5.74, 6) is 0. The van der Waals surface area contributed by atoms with Gasteiger partial charge in [0.05, 0.1) is 15.8 Å². The van der Waals surface area contributed by atoms with E-state index >= 15 is 0 Å². The zero-order chi connectivity index (χ0) is 37.8. The molecule has 0 aromatic heterocycles. The monoisotopic (exact) mass is 812 g/mol. The molecular weight excluding hydrogens is 780 g/mol. The molecule has 0 saturated heterocycles. The molecule has 0 atom stereocenters. The average Bonchev–Trinajstić information content (AvgIpc) is 3.25. The first-order chi connectivity index (χ1) is 24.9. The van der Waals surface area contributed by atoms with E-state index in [-0.39, 0.29) is 33.6 Å². The Labute approximate surface area is 329 Å². The van der Waals surface area contributed by atoms with Gasteiger partial charge in [0.2, 0.25) is 0 Å². The summed E-state index contributed by atoms with van der Waals surface area (Å²) in [5.41, 5.74) is 0. The van der Waals surface area contributed by atoms with Gasteiger partial charge < -0.3 is 0 Å². The Morgan fingerprint density at radius 2 is 0.308 bits per heavy atom. The first-order valence-electron chi connectivity index (χ1n) is 14.2. The quantitative estimate of drug-likeness (QED) is 0.110. The van der Waals surface area contributed by atoms with Crippen LogP contribution in [-0.2, 0) is 61.5 Å². The summed E-state index contributed by atoms with van der Waals surface area (Å²) in [6.45, 7) is 27.0. The van der Waals surface area contributed by atoms with Crippen molar-refractivity contribution >= 4 is 47.7 Å². The Morgan fingerprint density at radius 3 is 0.404 bits per heavy atom. The molecule has 0 aliphatic carbocycles. The van der Waals surface area contributed by atoms with Crippen molar-refractivity contribution in [3.63, 3.8) is 0 Å². The summed E-state index contributed by atoms with van der Waals surface area (Å²) in [5, 5.41) is 8.61. The van der Waals surface area contributed by atoms with E-state index in [2.05, 4.69) is 222 Å². The Morgan fingerprint density at radius 1 is 0.212 bits per heavy atom. The largest absolute Gasteiger partial charge is 0.102 e. The summed E-state index contributed by atoms with van der Waals surface area (Å²) in [7, 11) is -1.75. The van der Waals surface area contributed by atoms with Crippen molar-refractivity contribution in [1.82, 2.24) is 0 Å². The van der Waals surface area contributed by atoms with Crippen LogP contribution in [0, 0.1) is 39.9 Å². The van der Waals surface area contributed by atoms with Gasteiger partial charge in [0.1, 0.15) is 31.8 Å². The average molecular weight is 813 g/mol. The van der Waals surface area contributed by atoms with E-state index in [1.807, 2.05) is 0 Å². The van der Waals surface area contributed by atoms with Crippen molar-refractivity contribution in [2.24, 2.45) is 0 Å². The molecule has 0 saturated carbocycles. The summed E-state index contributed by atoms with van der Waals surface area (Å²) < 4.78 is 45.0. The van der Waals surface area contributed by atoms with E-state index in [1.165, 1.54) is 31.8 Å². The third-order valence-corrected chi connectivity index (χ3v) is 11.8. The number of hydrogen-bond acceptors (Lipinski definition) is 0. The molecule has 0 amide bonds. The van der Waals surface area contributed by atoms with Gasteiger partial charge in [-0.1, -0.05) is 109 Å². The second-order valence-electron chi connectivity index (χ2n) is 8.95. The van der Waals surface area contributed by atoms with Crippen LogP contribution >= 0.6 is 15.8 Å². The van der Waals surface area contributed by atoms with Crippen molar-refractivity contribution in [1.29, 1.82) is 0 Å². The van der Waals surface area contributed by atoms with Gasteiger partial charge in [-0.2, -0.15) is 0 Å². The maximum absolute atomic E-state index is 7.50. The molecule has 52 heavy (non-hydrogen) atoms. The predicted molar refractivity (Wildman–Crippen MR) is 197 cm³/mol. The number of rotatable bonds is 6. The first kappa shape index (κ1) is 54.4. The molecule has 0 aliphatic rings. The fourth-order valence-electron chi connectivity index (χ4n) is 4.63. The molecule has 6 rings (SSSR count). The van der Waals surface area contributed by atoms with Crippen LogP contribution in [0.15, 0.2) is 182 Å². The molecule has 0 aliphatic heterocycles. The standard InChI is InChI=1S/2C18H15P.6CO.2Co/c2*1-4-10-16(11-5-1)19(17-12-6-2-7-13-17)18-14-8-3-9-15-18;6*1-2;;/h2*1-15H;;;;;;;;/p+2. The van der Waals surface area contributed by atoms with E-state index in [4.69, 9.17) is 27.9 Å².